The molecule has 5 nitrogen and oxygen atoms in total. The summed E-state index contributed by atoms with van der Waals surface area (Å²) in [6, 6.07) is 4.08. The number of rotatable bonds is 5. The Morgan fingerprint density at radius 2 is 2.22 bits per heavy atom. The van der Waals surface area contributed by atoms with E-state index in [0.29, 0.717) is 6.54 Å². The average molecular weight is 253 g/mol. The molecule has 2 heterocycles. The third kappa shape index (κ3) is 3.32. The minimum absolute atomic E-state index is 0.175. The van der Waals surface area contributed by atoms with E-state index in [1.54, 1.807) is 6.26 Å². The lowest BCUT2D eigenvalue weighted by molar-refractivity contribution is 0.171. The molecule has 3 N–H and O–H groups in total. The van der Waals surface area contributed by atoms with Crippen LogP contribution in [0.5, 0.6) is 0 Å². The van der Waals surface area contributed by atoms with Crippen molar-refractivity contribution in [1.82, 2.24) is 9.80 Å². The lowest BCUT2D eigenvalue weighted by Gasteiger charge is -2.28. The maximum atomic E-state index is 8.99. The predicted molar refractivity (Wildman–Crippen MR) is 70.2 cm³/mol. The third-order valence-corrected chi connectivity index (χ3v) is 3.57. The Morgan fingerprint density at radius 1 is 1.33 bits per heavy atom. The number of hydrogen-bond donors (Lipinski definition) is 2. The summed E-state index contributed by atoms with van der Waals surface area (Å²) in [7, 11) is 0. The second-order valence-corrected chi connectivity index (χ2v) is 4.72. The highest BCUT2D eigenvalue weighted by molar-refractivity contribution is 5.05. The number of β-amino-alcohol motifs (C(OH)–C–C–N with tert-alkyl or cyclic N) is 1. The fourth-order valence-corrected chi connectivity index (χ4v) is 2.59. The van der Waals surface area contributed by atoms with Crippen molar-refractivity contribution in [2.75, 3.05) is 45.9 Å². The highest BCUT2D eigenvalue weighted by Gasteiger charge is 2.23. The molecule has 1 atom stereocenters. The van der Waals surface area contributed by atoms with Gasteiger partial charge in [-0.05, 0) is 25.1 Å². The molecule has 2 rings (SSSR count). The first-order valence-corrected chi connectivity index (χ1v) is 6.66. The van der Waals surface area contributed by atoms with Gasteiger partial charge in [0, 0.05) is 32.7 Å². The van der Waals surface area contributed by atoms with E-state index < -0.39 is 0 Å². The fourth-order valence-electron chi connectivity index (χ4n) is 2.59. The monoisotopic (exact) mass is 253 g/mol. The Bertz CT molecular complexity index is 329. The van der Waals surface area contributed by atoms with Crippen molar-refractivity contribution in [2.24, 2.45) is 5.73 Å². The van der Waals surface area contributed by atoms with Gasteiger partial charge in [0.05, 0.1) is 18.9 Å². The van der Waals surface area contributed by atoms with Crippen molar-refractivity contribution < 1.29 is 9.52 Å². The van der Waals surface area contributed by atoms with Gasteiger partial charge in [-0.15, -0.1) is 0 Å². The smallest absolute Gasteiger partial charge is 0.122 e. The summed E-state index contributed by atoms with van der Waals surface area (Å²) in [5.41, 5.74) is 5.88. The van der Waals surface area contributed by atoms with Crippen LogP contribution in [0.25, 0.3) is 0 Å². The van der Waals surface area contributed by atoms with Crippen molar-refractivity contribution in [3.8, 4) is 0 Å². The van der Waals surface area contributed by atoms with Crippen molar-refractivity contribution >= 4 is 0 Å². The molecule has 1 aromatic rings. The molecule has 0 bridgehead atoms. The van der Waals surface area contributed by atoms with Crippen LogP contribution in [-0.2, 0) is 0 Å². The molecule has 1 unspecified atom stereocenters. The van der Waals surface area contributed by atoms with Gasteiger partial charge >= 0.3 is 0 Å². The molecule has 1 saturated heterocycles. The maximum Gasteiger partial charge on any atom is 0.122 e. The zero-order valence-electron chi connectivity index (χ0n) is 10.8. The van der Waals surface area contributed by atoms with Gasteiger partial charge in [0.15, 0.2) is 0 Å². The lowest BCUT2D eigenvalue weighted by Crippen LogP contribution is -2.37. The number of aliphatic hydroxyl groups excluding tert-OH is 1. The Kier molecular flexibility index (Phi) is 5.19. The van der Waals surface area contributed by atoms with Crippen LogP contribution >= 0.6 is 0 Å². The van der Waals surface area contributed by atoms with Crippen molar-refractivity contribution in [3.05, 3.63) is 24.2 Å². The predicted octanol–water partition coefficient (Wildman–Crippen LogP) is 0.279. The number of hydrogen-bond acceptors (Lipinski definition) is 5. The SMILES string of the molecule is NCC(c1ccco1)N1CCCN(CCO)CC1. The molecule has 0 saturated carbocycles. The van der Waals surface area contributed by atoms with Crippen LogP contribution in [0, 0.1) is 0 Å². The summed E-state index contributed by atoms with van der Waals surface area (Å²) in [5, 5.41) is 8.99. The second kappa shape index (κ2) is 6.89. The van der Waals surface area contributed by atoms with Crippen LogP contribution in [0.1, 0.15) is 18.2 Å². The van der Waals surface area contributed by atoms with E-state index in [1.807, 2.05) is 12.1 Å². The molecule has 0 radical (unpaired) electrons. The van der Waals surface area contributed by atoms with Gasteiger partial charge in [-0.25, -0.2) is 0 Å². The molecule has 0 aromatic carbocycles. The van der Waals surface area contributed by atoms with Gasteiger partial charge in [0.2, 0.25) is 0 Å². The summed E-state index contributed by atoms with van der Waals surface area (Å²) >= 11 is 0. The minimum atomic E-state index is 0.175. The summed E-state index contributed by atoms with van der Waals surface area (Å²) in [4.78, 5) is 4.69. The topological polar surface area (TPSA) is 65.9 Å². The van der Waals surface area contributed by atoms with Crippen LogP contribution in [-0.4, -0.2) is 60.8 Å². The van der Waals surface area contributed by atoms with Crippen LogP contribution in [0.3, 0.4) is 0 Å². The molecule has 5 heteroatoms. The van der Waals surface area contributed by atoms with E-state index in [9.17, 15) is 0 Å². The lowest BCUT2D eigenvalue weighted by atomic mass is 10.2. The van der Waals surface area contributed by atoms with Gasteiger partial charge in [-0.1, -0.05) is 0 Å². The Morgan fingerprint density at radius 3 is 2.89 bits per heavy atom. The molecule has 1 fully saturated rings. The van der Waals surface area contributed by atoms with Gasteiger partial charge in [-0.3, -0.25) is 9.80 Å². The number of furan rings is 1. The quantitative estimate of drug-likeness (QED) is 0.789. The molecule has 0 spiro atoms. The molecule has 1 aliphatic heterocycles. The van der Waals surface area contributed by atoms with E-state index in [0.717, 1.165) is 44.9 Å². The fraction of sp³-hybridized carbons (Fsp3) is 0.692. The van der Waals surface area contributed by atoms with Crippen molar-refractivity contribution in [2.45, 2.75) is 12.5 Å². The molecular weight excluding hydrogens is 230 g/mol. The largest absolute Gasteiger partial charge is 0.468 e. The molecule has 0 aliphatic carbocycles. The van der Waals surface area contributed by atoms with Crippen molar-refractivity contribution in [3.63, 3.8) is 0 Å². The van der Waals surface area contributed by atoms with E-state index in [-0.39, 0.29) is 12.6 Å². The van der Waals surface area contributed by atoms with Crippen LogP contribution in [0.15, 0.2) is 22.8 Å². The number of nitrogens with two attached hydrogens (primary N) is 1. The Balaban J connectivity index is 1.95. The van der Waals surface area contributed by atoms with E-state index in [2.05, 4.69) is 9.80 Å². The minimum Gasteiger partial charge on any atom is -0.468 e. The van der Waals surface area contributed by atoms with Gasteiger partial charge in [0.25, 0.3) is 0 Å². The summed E-state index contributed by atoms with van der Waals surface area (Å²) < 4.78 is 5.48. The molecule has 102 valence electrons. The number of nitrogens with zero attached hydrogens (tertiary/aromatic N) is 2. The molecule has 1 aromatic heterocycles. The zero-order chi connectivity index (χ0) is 12.8. The second-order valence-electron chi connectivity index (χ2n) is 4.72. The van der Waals surface area contributed by atoms with Crippen LogP contribution in [0.4, 0.5) is 0 Å². The third-order valence-electron chi connectivity index (χ3n) is 3.57. The first-order valence-electron chi connectivity index (χ1n) is 6.66. The van der Waals surface area contributed by atoms with Gasteiger partial charge < -0.3 is 15.3 Å². The van der Waals surface area contributed by atoms with Crippen molar-refractivity contribution in [1.29, 1.82) is 0 Å². The molecule has 1 aliphatic rings. The first-order chi connectivity index (χ1) is 8.85. The highest BCUT2D eigenvalue weighted by atomic mass is 16.3. The zero-order valence-corrected chi connectivity index (χ0v) is 10.8. The van der Waals surface area contributed by atoms with Crippen LogP contribution < -0.4 is 5.73 Å². The summed E-state index contributed by atoms with van der Waals surface area (Å²) in [6.07, 6.45) is 2.81. The normalized spacial score (nSPS) is 20.8. The van der Waals surface area contributed by atoms with E-state index in [4.69, 9.17) is 15.3 Å². The number of aliphatic hydroxyl groups is 1. The average Bonchev–Trinajstić information content (AvgIpc) is 2.80. The van der Waals surface area contributed by atoms with Gasteiger partial charge in [-0.2, -0.15) is 0 Å². The Labute approximate surface area is 108 Å². The first kappa shape index (κ1) is 13.5. The standard InChI is InChI=1S/C13H23N3O2/c14-11-12(13-3-1-10-18-13)16-5-2-4-15(6-7-16)8-9-17/h1,3,10,12,17H,2,4-9,11,14H2. The molecular formula is C13H23N3O2. The molecule has 18 heavy (non-hydrogen) atoms. The van der Waals surface area contributed by atoms with E-state index >= 15 is 0 Å². The highest BCUT2D eigenvalue weighted by Crippen LogP contribution is 2.21. The maximum absolute atomic E-state index is 8.99. The van der Waals surface area contributed by atoms with E-state index in [1.165, 1.54) is 0 Å². The molecule has 0 amide bonds. The summed E-state index contributed by atoms with van der Waals surface area (Å²) in [6.45, 7) is 5.62. The van der Waals surface area contributed by atoms with Crippen LogP contribution in [0.2, 0.25) is 0 Å². The van der Waals surface area contributed by atoms with Gasteiger partial charge in [0.1, 0.15) is 5.76 Å². The summed E-state index contributed by atoms with van der Waals surface area (Å²) in [5.74, 6) is 0.952. The Hall–Kier alpha value is -0.880.